The Labute approximate surface area is 114 Å². The molecule has 3 nitrogen and oxygen atoms in total. The lowest BCUT2D eigenvalue weighted by molar-refractivity contribution is 0.412. The first kappa shape index (κ1) is 15.2. The molecule has 0 aliphatic rings. The number of phenolic OH excluding ortho intramolecular Hbond substituents is 3. The van der Waals surface area contributed by atoms with E-state index >= 15 is 0 Å². The fourth-order valence-electron chi connectivity index (χ4n) is 1.67. The topological polar surface area (TPSA) is 60.7 Å². The third kappa shape index (κ3) is 4.05. The van der Waals surface area contributed by atoms with E-state index in [0.717, 1.165) is 11.1 Å². The summed E-state index contributed by atoms with van der Waals surface area (Å²) in [6.45, 7) is 7.79. The van der Waals surface area contributed by atoms with Crippen molar-refractivity contribution in [3.63, 3.8) is 0 Å². The van der Waals surface area contributed by atoms with E-state index in [1.165, 1.54) is 0 Å². The van der Waals surface area contributed by atoms with Gasteiger partial charge in [-0.25, -0.2) is 0 Å². The molecule has 1 aromatic rings. The highest BCUT2D eigenvalue weighted by Gasteiger charge is 2.16. The minimum atomic E-state index is -0.201. The molecule has 0 fully saturated rings. The molecule has 0 bridgehead atoms. The molecule has 19 heavy (non-hydrogen) atoms. The van der Waals surface area contributed by atoms with Gasteiger partial charge in [-0.05, 0) is 40.5 Å². The van der Waals surface area contributed by atoms with Crippen LogP contribution in [0.3, 0.4) is 0 Å². The normalized spacial score (nSPS) is 10.1. The zero-order chi connectivity index (χ0) is 14.6. The Kier molecular flexibility index (Phi) is 5.04. The van der Waals surface area contributed by atoms with Crippen molar-refractivity contribution in [2.24, 2.45) is 0 Å². The van der Waals surface area contributed by atoms with Gasteiger partial charge in [0.1, 0.15) is 17.2 Å². The van der Waals surface area contributed by atoms with Gasteiger partial charge in [0.25, 0.3) is 0 Å². The van der Waals surface area contributed by atoms with Crippen LogP contribution in [0.1, 0.15) is 38.8 Å². The Morgan fingerprint density at radius 2 is 1.21 bits per heavy atom. The molecule has 103 valence electrons. The summed E-state index contributed by atoms with van der Waals surface area (Å²) in [5, 5.41) is 29.7. The summed E-state index contributed by atoms with van der Waals surface area (Å²) in [6.07, 6.45) is 4.64. The van der Waals surface area contributed by atoms with Gasteiger partial charge in [-0.15, -0.1) is 0 Å². The Bertz CT molecular complexity index is 473. The van der Waals surface area contributed by atoms with Crippen molar-refractivity contribution in [3.05, 3.63) is 40.5 Å². The molecular weight excluding hydrogens is 240 g/mol. The van der Waals surface area contributed by atoms with Gasteiger partial charge < -0.3 is 15.3 Å². The van der Waals surface area contributed by atoms with Gasteiger partial charge in [0.05, 0.1) is 6.07 Å². The van der Waals surface area contributed by atoms with Gasteiger partial charge in [0, 0.05) is 11.1 Å². The van der Waals surface area contributed by atoms with E-state index in [1.54, 1.807) is 0 Å². The lowest BCUT2D eigenvalue weighted by atomic mass is 10.00. The van der Waals surface area contributed by atoms with E-state index in [1.807, 2.05) is 39.8 Å². The smallest absolute Gasteiger partial charge is 0.134 e. The Morgan fingerprint density at radius 1 is 0.842 bits per heavy atom. The second-order valence-electron chi connectivity index (χ2n) is 5.10. The monoisotopic (exact) mass is 261 g/mol. The quantitative estimate of drug-likeness (QED) is 0.725. The number of hydrogen-bond acceptors (Lipinski definition) is 3. The molecule has 3 heteroatoms. The maximum Gasteiger partial charge on any atom is 0.134 e. The predicted molar refractivity (Wildman–Crippen MR) is 76.5 cm³/mol. The van der Waals surface area contributed by atoms with Crippen molar-refractivity contribution >= 4 is 0 Å². The molecule has 1 aromatic carbocycles. The number of allylic oxidation sites excluding steroid dienone is 4. The summed E-state index contributed by atoms with van der Waals surface area (Å²) < 4.78 is 0. The van der Waals surface area contributed by atoms with E-state index in [-0.39, 0.29) is 17.2 Å². The highest BCUT2D eigenvalue weighted by molar-refractivity contribution is 5.56. The van der Waals surface area contributed by atoms with Crippen molar-refractivity contribution in [2.75, 3.05) is 0 Å². The van der Waals surface area contributed by atoms with Crippen molar-refractivity contribution < 1.29 is 15.3 Å². The molecule has 0 amide bonds. The van der Waals surface area contributed by atoms with E-state index in [9.17, 15) is 15.3 Å². The minimum absolute atomic E-state index is 0.0521. The second-order valence-corrected chi connectivity index (χ2v) is 5.10. The fraction of sp³-hybridized carbons (Fsp3) is 0.375. The molecular formula is C16H21O3. The maximum absolute atomic E-state index is 10.2. The predicted octanol–water partition coefficient (Wildman–Crippen LogP) is 3.62. The molecule has 0 saturated carbocycles. The molecule has 0 saturated heterocycles. The average molecular weight is 261 g/mol. The summed E-state index contributed by atoms with van der Waals surface area (Å²) in [4.78, 5) is 0. The number of hydrogen-bond donors (Lipinski definition) is 3. The molecule has 0 heterocycles. The van der Waals surface area contributed by atoms with Crippen LogP contribution in [0, 0.1) is 6.07 Å². The van der Waals surface area contributed by atoms with Crippen LogP contribution in [-0.4, -0.2) is 15.3 Å². The molecule has 0 atom stereocenters. The lowest BCUT2D eigenvalue weighted by Gasteiger charge is -2.11. The van der Waals surface area contributed by atoms with Crippen LogP contribution >= 0.6 is 0 Å². The first-order valence-electron chi connectivity index (χ1n) is 6.27. The molecule has 1 radical (unpaired) electrons. The van der Waals surface area contributed by atoms with E-state index in [2.05, 4.69) is 6.07 Å². The van der Waals surface area contributed by atoms with Crippen molar-refractivity contribution in [1.29, 1.82) is 0 Å². The van der Waals surface area contributed by atoms with E-state index in [4.69, 9.17) is 0 Å². The first-order chi connectivity index (χ1) is 8.82. The Morgan fingerprint density at radius 3 is 1.53 bits per heavy atom. The third-order valence-electron chi connectivity index (χ3n) is 2.81. The van der Waals surface area contributed by atoms with Crippen molar-refractivity contribution in [2.45, 2.75) is 40.5 Å². The molecule has 0 aliphatic carbocycles. The highest BCUT2D eigenvalue weighted by atomic mass is 16.3. The molecule has 0 unspecified atom stereocenters. The maximum atomic E-state index is 10.2. The SMILES string of the molecule is CC(C)=CCc1c(O)[c]c(O)c(CC=C(C)C)c1O. The Balaban J connectivity index is 3.22. The van der Waals surface area contributed by atoms with Crippen molar-refractivity contribution in [1.82, 2.24) is 0 Å². The zero-order valence-electron chi connectivity index (χ0n) is 11.9. The molecule has 0 spiro atoms. The third-order valence-corrected chi connectivity index (χ3v) is 2.81. The molecule has 0 aromatic heterocycles. The Hall–Kier alpha value is -1.90. The van der Waals surface area contributed by atoms with Crippen LogP contribution < -0.4 is 0 Å². The van der Waals surface area contributed by atoms with Gasteiger partial charge in [-0.3, -0.25) is 0 Å². The summed E-state index contributed by atoms with van der Waals surface area (Å²) in [5.41, 5.74) is 2.99. The zero-order valence-corrected chi connectivity index (χ0v) is 11.9. The standard InChI is InChI=1S/C16H21O3/c1-10(2)5-7-12-14(17)9-15(18)13(16(12)19)8-6-11(3)4/h5-6,17-19H,7-8H2,1-4H3. The van der Waals surface area contributed by atoms with Crippen LogP contribution in [-0.2, 0) is 12.8 Å². The van der Waals surface area contributed by atoms with Crippen LogP contribution in [0.5, 0.6) is 17.2 Å². The van der Waals surface area contributed by atoms with Crippen LogP contribution in [0.4, 0.5) is 0 Å². The number of aromatic hydroxyl groups is 3. The summed E-state index contributed by atoms with van der Waals surface area (Å²) in [5.74, 6) is -0.453. The minimum Gasteiger partial charge on any atom is -0.507 e. The van der Waals surface area contributed by atoms with Gasteiger partial charge in [0.2, 0.25) is 0 Å². The number of phenols is 3. The lowest BCUT2D eigenvalue weighted by Crippen LogP contribution is -1.93. The summed E-state index contributed by atoms with van der Waals surface area (Å²) >= 11 is 0. The van der Waals surface area contributed by atoms with Gasteiger partial charge in [0.15, 0.2) is 0 Å². The molecule has 3 N–H and O–H groups in total. The van der Waals surface area contributed by atoms with Crippen LogP contribution in [0.25, 0.3) is 0 Å². The van der Waals surface area contributed by atoms with Crippen LogP contribution in [0.2, 0.25) is 0 Å². The number of benzene rings is 1. The van der Waals surface area contributed by atoms with E-state index < -0.39 is 0 Å². The first-order valence-corrected chi connectivity index (χ1v) is 6.27. The number of rotatable bonds is 4. The van der Waals surface area contributed by atoms with E-state index in [0.29, 0.717) is 24.0 Å². The second kappa shape index (κ2) is 6.32. The fourth-order valence-corrected chi connectivity index (χ4v) is 1.67. The van der Waals surface area contributed by atoms with Gasteiger partial charge in [-0.2, -0.15) is 0 Å². The average Bonchev–Trinajstić information content (AvgIpc) is 2.27. The molecule has 1 rings (SSSR count). The molecule has 0 aliphatic heterocycles. The highest BCUT2D eigenvalue weighted by Crippen LogP contribution is 2.37. The summed E-state index contributed by atoms with van der Waals surface area (Å²) in [6, 6.07) is 2.49. The van der Waals surface area contributed by atoms with Gasteiger partial charge in [-0.1, -0.05) is 23.3 Å². The van der Waals surface area contributed by atoms with Crippen molar-refractivity contribution in [3.8, 4) is 17.2 Å². The summed E-state index contributed by atoms with van der Waals surface area (Å²) in [7, 11) is 0. The van der Waals surface area contributed by atoms with Gasteiger partial charge >= 0.3 is 0 Å². The largest absolute Gasteiger partial charge is 0.507 e. The van der Waals surface area contributed by atoms with Crippen LogP contribution in [0.15, 0.2) is 23.3 Å².